The number of hydrogen-bond donors (Lipinski definition) is 1. The molecular formula is C14H18N2O4S. The minimum Gasteiger partial charge on any atom is -0.481 e. The van der Waals surface area contributed by atoms with Crippen molar-refractivity contribution in [2.24, 2.45) is 11.8 Å². The lowest BCUT2D eigenvalue weighted by Crippen LogP contribution is -2.55. The number of thiophene rings is 1. The van der Waals surface area contributed by atoms with Crippen molar-refractivity contribution in [1.82, 2.24) is 9.80 Å². The van der Waals surface area contributed by atoms with Gasteiger partial charge in [0, 0.05) is 26.1 Å². The number of rotatable bonds is 5. The Balaban J connectivity index is 1.81. The number of likely N-dealkylation sites (N-methyl/N-ethyl adjacent to an activating group) is 1. The predicted octanol–water partition coefficient (Wildman–Crippen LogP) is 0.999. The van der Waals surface area contributed by atoms with Gasteiger partial charge in [-0.3, -0.25) is 14.4 Å². The third kappa shape index (κ3) is 3.41. The molecule has 1 atom stereocenters. The van der Waals surface area contributed by atoms with Crippen LogP contribution >= 0.6 is 11.3 Å². The molecule has 1 fully saturated rings. The number of aliphatic carboxylic acids is 1. The van der Waals surface area contributed by atoms with Gasteiger partial charge in [0.25, 0.3) is 5.91 Å². The molecule has 2 heterocycles. The quantitative estimate of drug-likeness (QED) is 0.880. The van der Waals surface area contributed by atoms with Crippen LogP contribution in [0.4, 0.5) is 0 Å². The number of carbonyl (C=O) groups excluding carboxylic acids is 2. The van der Waals surface area contributed by atoms with Crippen molar-refractivity contribution in [3.63, 3.8) is 0 Å². The fourth-order valence-electron chi connectivity index (χ4n) is 2.20. The summed E-state index contributed by atoms with van der Waals surface area (Å²) < 4.78 is 0. The van der Waals surface area contributed by atoms with Gasteiger partial charge in [0.05, 0.1) is 17.3 Å². The molecule has 1 aliphatic heterocycles. The van der Waals surface area contributed by atoms with Crippen LogP contribution in [0.3, 0.4) is 0 Å². The average Bonchev–Trinajstić information content (AvgIpc) is 2.89. The maximum atomic E-state index is 12.0. The highest BCUT2D eigenvalue weighted by atomic mass is 32.1. The molecular weight excluding hydrogens is 292 g/mol. The molecule has 114 valence electrons. The zero-order valence-corrected chi connectivity index (χ0v) is 12.8. The van der Waals surface area contributed by atoms with Crippen LogP contribution in [-0.4, -0.2) is 59.4 Å². The Kier molecular flexibility index (Phi) is 4.62. The highest BCUT2D eigenvalue weighted by Gasteiger charge is 2.37. The standard InChI is InChI=1S/C14H18N2O4S/c1-9(14(19)20)10-6-16(7-10)12(17)8-15(2)13(18)11-4-3-5-21-11/h3-5,9-10H,6-8H2,1-2H3,(H,19,20). The molecule has 21 heavy (non-hydrogen) atoms. The van der Waals surface area contributed by atoms with Crippen molar-refractivity contribution in [3.8, 4) is 0 Å². The fourth-order valence-corrected chi connectivity index (χ4v) is 2.91. The lowest BCUT2D eigenvalue weighted by Gasteiger charge is -2.41. The summed E-state index contributed by atoms with van der Waals surface area (Å²) in [5, 5.41) is 10.7. The lowest BCUT2D eigenvalue weighted by atomic mass is 9.87. The Labute approximate surface area is 127 Å². The van der Waals surface area contributed by atoms with E-state index in [0.717, 1.165) is 0 Å². The Bertz CT molecular complexity index is 537. The van der Waals surface area contributed by atoms with Gasteiger partial charge in [-0.2, -0.15) is 0 Å². The molecule has 1 aromatic heterocycles. The minimum atomic E-state index is -0.836. The first-order valence-electron chi connectivity index (χ1n) is 6.69. The van der Waals surface area contributed by atoms with Gasteiger partial charge in [0.15, 0.2) is 0 Å². The van der Waals surface area contributed by atoms with Crippen molar-refractivity contribution in [3.05, 3.63) is 22.4 Å². The van der Waals surface area contributed by atoms with E-state index in [-0.39, 0.29) is 24.3 Å². The van der Waals surface area contributed by atoms with Crippen molar-refractivity contribution in [2.45, 2.75) is 6.92 Å². The van der Waals surface area contributed by atoms with Crippen LogP contribution in [0, 0.1) is 11.8 Å². The summed E-state index contributed by atoms with van der Waals surface area (Å²) in [6.45, 7) is 2.58. The second-order valence-corrected chi connectivity index (χ2v) is 6.27. The first kappa shape index (κ1) is 15.5. The van der Waals surface area contributed by atoms with Gasteiger partial charge in [-0.05, 0) is 11.4 Å². The average molecular weight is 310 g/mol. The summed E-state index contributed by atoms with van der Waals surface area (Å²) in [5.41, 5.74) is 0. The predicted molar refractivity (Wildman–Crippen MR) is 78.1 cm³/mol. The van der Waals surface area contributed by atoms with Gasteiger partial charge in [0.2, 0.25) is 5.91 Å². The van der Waals surface area contributed by atoms with E-state index >= 15 is 0 Å². The van der Waals surface area contributed by atoms with Gasteiger partial charge in [0.1, 0.15) is 0 Å². The summed E-state index contributed by atoms with van der Waals surface area (Å²) in [7, 11) is 1.59. The lowest BCUT2D eigenvalue weighted by molar-refractivity contribution is -0.150. The molecule has 2 amide bonds. The second-order valence-electron chi connectivity index (χ2n) is 5.32. The molecule has 6 nitrogen and oxygen atoms in total. The molecule has 0 saturated carbocycles. The molecule has 1 aromatic rings. The first-order chi connectivity index (χ1) is 9.90. The van der Waals surface area contributed by atoms with Crippen LogP contribution in [0.2, 0.25) is 0 Å². The maximum absolute atomic E-state index is 12.0. The number of carboxylic acid groups (broad SMARTS) is 1. The van der Waals surface area contributed by atoms with Crippen LogP contribution in [0.1, 0.15) is 16.6 Å². The monoisotopic (exact) mass is 310 g/mol. The number of nitrogens with zero attached hydrogens (tertiary/aromatic N) is 2. The van der Waals surface area contributed by atoms with Crippen LogP contribution in [0.25, 0.3) is 0 Å². The summed E-state index contributed by atoms with van der Waals surface area (Å²) in [5.74, 6) is -1.59. The normalized spacial score (nSPS) is 16.2. The van der Waals surface area contributed by atoms with E-state index in [2.05, 4.69) is 0 Å². The third-order valence-electron chi connectivity index (χ3n) is 3.81. The molecule has 0 bridgehead atoms. The summed E-state index contributed by atoms with van der Waals surface area (Å²) >= 11 is 1.34. The zero-order valence-electron chi connectivity index (χ0n) is 12.0. The van der Waals surface area contributed by atoms with Crippen LogP contribution in [0.15, 0.2) is 17.5 Å². The highest BCUT2D eigenvalue weighted by Crippen LogP contribution is 2.24. The fraction of sp³-hybridized carbons (Fsp3) is 0.500. The molecule has 0 spiro atoms. The van der Waals surface area contributed by atoms with Crippen molar-refractivity contribution < 1.29 is 19.5 Å². The Morgan fingerprint density at radius 2 is 2.14 bits per heavy atom. The highest BCUT2D eigenvalue weighted by molar-refractivity contribution is 7.12. The molecule has 1 unspecified atom stereocenters. The van der Waals surface area contributed by atoms with Gasteiger partial charge in [-0.15, -0.1) is 11.3 Å². The van der Waals surface area contributed by atoms with E-state index in [1.165, 1.54) is 16.2 Å². The van der Waals surface area contributed by atoms with Crippen molar-refractivity contribution in [1.29, 1.82) is 0 Å². The first-order valence-corrected chi connectivity index (χ1v) is 7.57. The van der Waals surface area contributed by atoms with Crippen LogP contribution in [-0.2, 0) is 9.59 Å². The molecule has 7 heteroatoms. The van der Waals surface area contributed by atoms with Gasteiger partial charge < -0.3 is 14.9 Å². The Morgan fingerprint density at radius 1 is 1.48 bits per heavy atom. The van der Waals surface area contributed by atoms with E-state index < -0.39 is 11.9 Å². The Morgan fingerprint density at radius 3 is 2.67 bits per heavy atom. The van der Waals surface area contributed by atoms with Crippen LogP contribution < -0.4 is 0 Å². The number of carbonyl (C=O) groups is 3. The zero-order chi connectivity index (χ0) is 15.6. The Hall–Kier alpha value is -1.89. The third-order valence-corrected chi connectivity index (χ3v) is 4.67. The maximum Gasteiger partial charge on any atom is 0.306 e. The summed E-state index contributed by atoms with van der Waals surface area (Å²) in [6.07, 6.45) is 0. The SMILES string of the molecule is CC(C(=O)O)C1CN(C(=O)CN(C)C(=O)c2cccs2)C1. The largest absolute Gasteiger partial charge is 0.481 e. The molecule has 0 radical (unpaired) electrons. The molecule has 1 aliphatic rings. The van der Waals surface area contributed by atoms with E-state index in [1.54, 1.807) is 31.0 Å². The van der Waals surface area contributed by atoms with E-state index in [9.17, 15) is 14.4 Å². The second kappa shape index (κ2) is 6.26. The van der Waals surface area contributed by atoms with Gasteiger partial charge in [-0.1, -0.05) is 13.0 Å². The number of carboxylic acids is 1. The van der Waals surface area contributed by atoms with Gasteiger partial charge >= 0.3 is 5.97 Å². The van der Waals surface area contributed by atoms with E-state index in [0.29, 0.717) is 18.0 Å². The van der Waals surface area contributed by atoms with Crippen molar-refractivity contribution >= 4 is 29.1 Å². The molecule has 0 aromatic carbocycles. The van der Waals surface area contributed by atoms with Crippen LogP contribution in [0.5, 0.6) is 0 Å². The molecule has 0 aliphatic carbocycles. The summed E-state index contributed by atoms with van der Waals surface area (Å²) in [6, 6.07) is 3.52. The molecule has 1 saturated heterocycles. The van der Waals surface area contributed by atoms with E-state index in [4.69, 9.17) is 5.11 Å². The van der Waals surface area contributed by atoms with Gasteiger partial charge in [-0.25, -0.2) is 0 Å². The minimum absolute atomic E-state index is 0.00440. The number of likely N-dealkylation sites (tertiary alicyclic amines) is 1. The summed E-state index contributed by atoms with van der Waals surface area (Å²) in [4.78, 5) is 38.5. The number of hydrogen-bond acceptors (Lipinski definition) is 4. The number of amides is 2. The molecule has 1 N–H and O–H groups in total. The molecule has 2 rings (SSSR count). The topological polar surface area (TPSA) is 77.9 Å². The van der Waals surface area contributed by atoms with Crippen molar-refractivity contribution in [2.75, 3.05) is 26.7 Å². The van der Waals surface area contributed by atoms with E-state index in [1.807, 2.05) is 5.38 Å². The smallest absolute Gasteiger partial charge is 0.306 e.